The minimum absolute atomic E-state index is 0. The van der Waals surface area contributed by atoms with Gasteiger partial charge >= 0.3 is 0 Å². The molecule has 0 aromatic carbocycles. The molecule has 0 aliphatic carbocycles. The van der Waals surface area contributed by atoms with Gasteiger partial charge in [-0.05, 0) is 0 Å². The van der Waals surface area contributed by atoms with Gasteiger partial charge in [0.2, 0.25) is 5.91 Å². The van der Waals surface area contributed by atoms with Gasteiger partial charge in [-0.25, -0.2) is 0 Å². The van der Waals surface area contributed by atoms with Crippen LogP contribution in [0, 0.1) is 0 Å². The zero-order chi connectivity index (χ0) is 4.57. The second-order valence-corrected chi connectivity index (χ2v) is 1.35. The molecule has 0 saturated carbocycles. The summed E-state index contributed by atoms with van der Waals surface area (Å²) >= 11 is 0. The predicted octanol–water partition coefficient (Wildman–Crippen LogP) is -1.13. The molecule has 1 aliphatic heterocycles. The van der Waals surface area contributed by atoms with E-state index in [2.05, 4.69) is 5.32 Å². The highest BCUT2D eigenvalue weighted by atomic mass is 35.5. The van der Waals surface area contributed by atoms with E-state index in [9.17, 15) is 4.79 Å². The Morgan fingerprint density at radius 2 is 2.29 bits per heavy atom. The number of hydrogen-bond donors (Lipinski definition) is 2. The summed E-state index contributed by atoms with van der Waals surface area (Å²) in [4.78, 5) is 9.99. The van der Waals surface area contributed by atoms with Crippen molar-refractivity contribution < 1.29 is 4.79 Å². The topological polar surface area (TPSA) is 55.1 Å². The number of nitrogens with two attached hydrogens (primary N) is 1. The molecule has 4 heteroatoms. The molecular weight excluding hydrogens is 115 g/mol. The summed E-state index contributed by atoms with van der Waals surface area (Å²) in [6.45, 7) is 0.652. The Kier molecular flexibility index (Phi) is 2.05. The summed E-state index contributed by atoms with van der Waals surface area (Å²) in [5, 5.41) is 2.49. The fourth-order valence-electron chi connectivity index (χ4n) is 0.303. The lowest BCUT2D eigenvalue weighted by Gasteiger charge is -2.20. The molecule has 3 nitrogen and oxygen atoms in total. The van der Waals surface area contributed by atoms with Crippen molar-refractivity contribution in [3.05, 3.63) is 0 Å². The minimum atomic E-state index is -0.218. The first-order valence-corrected chi connectivity index (χ1v) is 1.84. The molecule has 0 aromatic heterocycles. The molecule has 1 unspecified atom stereocenters. The van der Waals surface area contributed by atoms with Gasteiger partial charge < -0.3 is 11.1 Å². The van der Waals surface area contributed by atoms with Gasteiger partial charge in [-0.2, -0.15) is 0 Å². The molecule has 1 saturated heterocycles. The molecule has 0 radical (unpaired) electrons. The van der Waals surface area contributed by atoms with Crippen molar-refractivity contribution in [2.45, 2.75) is 6.04 Å². The second kappa shape index (κ2) is 2.14. The Bertz CT molecular complexity index is 85.0. The van der Waals surface area contributed by atoms with E-state index in [1.165, 1.54) is 0 Å². The Balaban J connectivity index is 0.000000360. The fourth-order valence-corrected chi connectivity index (χ4v) is 0.303. The van der Waals surface area contributed by atoms with Crippen LogP contribution in [0.25, 0.3) is 0 Å². The van der Waals surface area contributed by atoms with Gasteiger partial charge in [0, 0.05) is 6.54 Å². The lowest BCUT2D eigenvalue weighted by molar-refractivity contribution is -0.127. The summed E-state index contributed by atoms with van der Waals surface area (Å²) in [6, 6.07) is -0.218. The maximum Gasteiger partial charge on any atom is 0.238 e. The van der Waals surface area contributed by atoms with Crippen LogP contribution in [0.15, 0.2) is 0 Å². The zero-order valence-corrected chi connectivity index (χ0v) is 4.49. The van der Waals surface area contributed by atoms with E-state index in [0.717, 1.165) is 0 Å². The summed E-state index contributed by atoms with van der Waals surface area (Å²) in [5.41, 5.74) is 5.11. The third kappa shape index (κ3) is 1.04. The average molecular weight is 123 g/mol. The van der Waals surface area contributed by atoms with Gasteiger partial charge in [-0.1, -0.05) is 0 Å². The maximum absolute atomic E-state index is 9.99. The third-order valence-corrected chi connectivity index (χ3v) is 0.833. The standard InChI is InChI=1S/C3H6N2O.ClH/c4-2-1-5-3(2)6;/h2H,1,4H2,(H,5,6);1H. The highest BCUT2D eigenvalue weighted by Gasteiger charge is 2.21. The minimum Gasteiger partial charge on any atom is -0.353 e. The van der Waals surface area contributed by atoms with E-state index in [1.54, 1.807) is 0 Å². The molecule has 0 bridgehead atoms. The van der Waals surface area contributed by atoms with E-state index in [-0.39, 0.29) is 24.4 Å². The lowest BCUT2D eigenvalue weighted by Crippen LogP contribution is -2.58. The molecule has 1 fully saturated rings. The van der Waals surface area contributed by atoms with Crippen molar-refractivity contribution in [1.29, 1.82) is 0 Å². The molecular formula is C3H7ClN2O. The number of halogens is 1. The first-order chi connectivity index (χ1) is 2.80. The van der Waals surface area contributed by atoms with E-state index in [1.807, 2.05) is 0 Å². The number of β-lactam (4-membered cyclic amide) rings is 1. The van der Waals surface area contributed by atoms with Gasteiger partial charge in [0.25, 0.3) is 0 Å². The van der Waals surface area contributed by atoms with Crippen LogP contribution in [-0.2, 0) is 4.79 Å². The van der Waals surface area contributed by atoms with Crippen LogP contribution in [0.5, 0.6) is 0 Å². The Labute approximate surface area is 47.7 Å². The van der Waals surface area contributed by atoms with Crippen molar-refractivity contribution in [2.75, 3.05) is 6.54 Å². The van der Waals surface area contributed by atoms with Crippen LogP contribution >= 0.6 is 12.4 Å². The number of carbonyl (C=O) groups excluding carboxylic acids is 1. The first kappa shape index (κ1) is 6.72. The smallest absolute Gasteiger partial charge is 0.238 e. The summed E-state index contributed by atoms with van der Waals surface area (Å²) in [7, 11) is 0. The molecule has 1 aliphatic rings. The van der Waals surface area contributed by atoms with Gasteiger partial charge in [0.1, 0.15) is 6.04 Å². The zero-order valence-electron chi connectivity index (χ0n) is 3.68. The normalized spacial score (nSPS) is 27.0. The molecule has 1 heterocycles. The Hall–Kier alpha value is -0.280. The van der Waals surface area contributed by atoms with Crippen molar-refractivity contribution in [1.82, 2.24) is 5.32 Å². The molecule has 1 rings (SSSR count). The van der Waals surface area contributed by atoms with Crippen LogP contribution in [0.4, 0.5) is 0 Å². The quantitative estimate of drug-likeness (QED) is 0.400. The lowest BCUT2D eigenvalue weighted by atomic mass is 10.2. The number of amides is 1. The van der Waals surface area contributed by atoms with E-state index < -0.39 is 0 Å². The molecule has 7 heavy (non-hydrogen) atoms. The van der Waals surface area contributed by atoms with E-state index >= 15 is 0 Å². The molecule has 0 aromatic rings. The molecule has 0 spiro atoms. The first-order valence-electron chi connectivity index (χ1n) is 1.84. The average Bonchev–Trinajstić information content (AvgIpc) is 1.61. The van der Waals surface area contributed by atoms with Crippen molar-refractivity contribution in [2.24, 2.45) is 5.73 Å². The Morgan fingerprint density at radius 3 is 2.29 bits per heavy atom. The van der Waals surface area contributed by atoms with E-state index in [4.69, 9.17) is 5.73 Å². The Morgan fingerprint density at radius 1 is 1.86 bits per heavy atom. The van der Waals surface area contributed by atoms with Crippen molar-refractivity contribution >= 4 is 18.3 Å². The number of hydrogen-bond acceptors (Lipinski definition) is 2. The summed E-state index contributed by atoms with van der Waals surface area (Å²) in [5.74, 6) is -0.0324. The number of rotatable bonds is 0. The number of carbonyl (C=O) groups is 1. The molecule has 3 N–H and O–H groups in total. The molecule has 42 valence electrons. The van der Waals surface area contributed by atoms with Gasteiger partial charge in [-0.15, -0.1) is 12.4 Å². The summed E-state index contributed by atoms with van der Waals surface area (Å²) in [6.07, 6.45) is 0. The van der Waals surface area contributed by atoms with Crippen LogP contribution in [0.3, 0.4) is 0 Å². The van der Waals surface area contributed by atoms with Crippen LogP contribution < -0.4 is 11.1 Å². The van der Waals surface area contributed by atoms with Crippen molar-refractivity contribution in [3.8, 4) is 0 Å². The SMILES string of the molecule is Cl.NC1CNC1=O. The van der Waals surface area contributed by atoms with E-state index in [0.29, 0.717) is 6.54 Å². The molecule has 1 amide bonds. The number of nitrogens with one attached hydrogen (secondary N) is 1. The molecule has 1 atom stereocenters. The van der Waals surface area contributed by atoms with Crippen LogP contribution in [-0.4, -0.2) is 18.5 Å². The van der Waals surface area contributed by atoms with Gasteiger partial charge in [-0.3, -0.25) is 4.79 Å². The van der Waals surface area contributed by atoms with Crippen LogP contribution in [0.1, 0.15) is 0 Å². The van der Waals surface area contributed by atoms with Gasteiger partial charge in [0.05, 0.1) is 0 Å². The second-order valence-electron chi connectivity index (χ2n) is 1.35. The maximum atomic E-state index is 9.99. The summed E-state index contributed by atoms with van der Waals surface area (Å²) < 4.78 is 0. The predicted molar refractivity (Wildman–Crippen MR) is 28.2 cm³/mol. The van der Waals surface area contributed by atoms with Gasteiger partial charge in [0.15, 0.2) is 0 Å². The highest BCUT2D eigenvalue weighted by Crippen LogP contribution is 1.85. The monoisotopic (exact) mass is 122 g/mol. The third-order valence-electron chi connectivity index (χ3n) is 0.833. The fraction of sp³-hybridized carbons (Fsp3) is 0.667. The van der Waals surface area contributed by atoms with Crippen LogP contribution in [0.2, 0.25) is 0 Å². The van der Waals surface area contributed by atoms with Crippen molar-refractivity contribution in [3.63, 3.8) is 0 Å². The highest BCUT2D eigenvalue weighted by molar-refractivity contribution is 5.87. The largest absolute Gasteiger partial charge is 0.353 e.